The zero-order valence-corrected chi connectivity index (χ0v) is 12.4. The number of aryl methyl sites for hydroxylation is 1. The monoisotopic (exact) mass is 280 g/mol. The minimum Gasteiger partial charge on any atom is -0.395 e. The van der Waals surface area contributed by atoms with Gasteiger partial charge in [-0.2, -0.15) is 4.98 Å². The van der Waals surface area contributed by atoms with Crippen molar-refractivity contribution in [3.05, 3.63) is 10.9 Å². The van der Waals surface area contributed by atoms with Gasteiger partial charge in [0.15, 0.2) is 0 Å². The molecule has 0 aliphatic heterocycles. The second-order valence-electron chi connectivity index (χ2n) is 4.21. The van der Waals surface area contributed by atoms with Gasteiger partial charge in [0.25, 0.3) is 0 Å². The van der Waals surface area contributed by atoms with Gasteiger partial charge >= 0.3 is 0 Å². The molecule has 2 aromatic heterocycles. The zero-order valence-electron chi connectivity index (χ0n) is 11.6. The molecule has 0 saturated heterocycles. The molecule has 0 unspecified atom stereocenters. The largest absolute Gasteiger partial charge is 0.395 e. The Labute approximate surface area is 117 Å². The molecular formula is C13H20N4OS. The minimum atomic E-state index is 0.124. The summed E-state index contributed by atoms with van der Waals surface area (Å²) in [4.78, 5) is 13.5. The van der Waals surface area contributed by atoms with Gasteiger partial charge in [0, 0.05) is 25.0 Å². The van der Waals surface area contributed by atoms with Crippen molar-refractivity contribution >= 4 is 33.3 Å². The predicted molar refractivity (Wildman–Crippen MR) is 81.3 cm³/mol. The number of hydrogen-bond donors (Lipinski definition) is 2. The van der Waals surface area contributed by atoms with Gasteiger partial charge in [0.05, 0.1) is 12.0 Å². The van der Waals surface area contributed by atoms with E-state index in [4.69, 9.17) is 0 Å². The standard InChI is InChI=1S/C13H20N4OS/c1-4-9-8-10-11(17(5-2)6-7-18)15-13(14-3)16-12(10)19-9/h8,18H,4-7H2,1-3H3,(H,14,15,16). The van der Waals surface area contributed by atoms with Gasteiger partial charge in [-0.3, -0.25) is 0 Å². The Balaban J connectivity index is 2.57. The van der Waals surface area contributed by atoms with Crippen LogP contribution in [0.3, 0.4) is 0 Å². The molecule has 0 aromatic carbocycles. The number of aliphatic hydroxyl groups excluding tert-OH is 1. The fourth-order valence-corrected chi connectivity index (χ4v) is 2.98. The summed E-state index contributed by atoms with van der Waals surface area (Å²) in [6, 6.07) is 2.16. The Morgan fingerprint density at radius 1 is 1.37 bits per heavy atom. The maximum Gasteiger partial charge on any atom is 0.225 e. The number of aliphatic hydroxyl groups is 1. The van der Waals surface area contributed by atoms with Crippen LogP contribution in [0, 0.1) is 0 Å². The number of thiophene rings is 1. The average molecular weight is 280 g/mol. The SMILES string of the molecule is CCc1cc2c(N(CC)CCO)nc(NC)nc2s1. The van der Waals surface area contributed by atoms with E-state index in [9.17, 15) is 5.11 Å². The van der Waals surface area contributed by atoms with Gasteiger partial charge < -0.3 is 15.3 Å². The number of nitrogens with one attached hydrogen (secondary N) is 1. The first-order valence-corrected chi connectivity index (χ1v) is 7.39. The predicted octanol–water partition coefficient (Wildman–Crippen LogP) is 2.11. The molecule has 2 aromatic rings. The highest BCUT2D eigenvalue weighted by Gasteiger charge is 2.15. The highest BCUT2D eigenvalue weighted by molar-refractivity contribution is 7.18. The molecule has 0 saturated carbocycles. The number of rotatable bonds is 6. The molecule has 2 N–H and O–H groups in total. The topological polar surface area (TPSA) is 61.3 Å². The van der Waals surface area contributed by atoms with Crippen LogP contribution >= 0.6 is 11.3 Å². The van der Waals surface area contributed by atoms with Crippen LogP contribution in [-0.2, 0) is 6.42 Å². The second kappa shape index (κ2) is 6.16. The van der Waals surface area contributed by atoms with Crippen molar-refractivity contribution in [1.29, 1.82) is 0 Å². The van der Waals surface area contributed by atoms with E-state index < -0.39 is 0 Å². The van der Waals surface area contributed by atoms with Crippen molar-refractivity contribution in [3.8, 4) is 0 Å². The third-order valence-corrected chi connectivity index (χ3v) is 4.22. The smallest absolute Gasteiger partial charge is 0.225 e. The summed E-state index contributed by atoms with van der Waals surface area (Å²) in [5.74, 6) is 1.53. The third kappa shape index (κ3) is 2.79. The quantitative estimate of drug-likeness (QED) is 0.848. The lowest BCUT2D eigenvalue weighted by Gasteiger charge is -2.21. The van der Waals surface area contributed by atoms with E-state index in [0.717, 1.165) is 29.0 Å². The molecule has 2 heterocycles. The van der Waals surface area contributed by atoms with Crippen LogP contribution < -0.4 is 10.2 Å². The van der Waals surface area contributed by atoms with E-state index in [-0.39, 0.29) is 6.61 Å². The van der Waals surface area contributed by atoms with Crippen LogP contribution in [-0.4, -0.2) is 41.8 Å². The van der Waals surface area contributed by atoms with E-state index in [1.165, 1.54) is 4.88 Å². The molecule has 0 fully saturated rings. The number of fused-ring (bicyclic) bond motifs is 1. The number of aromatic nitrogens is 2. The Hall–Kier alpha value is -1.40. The molecule has 0 aliphatic rings. The van der Waals surface area contributed by atoms with Crippen LogP contribution in [0.15, 0.2) is 6.07 Å². The Kier molecular flexibility index (Phi) is 4.55. The summed E-state index contributed by atoms with van der Waals surface area (Å²) in [7, 11) is 1.82. The Morgan fingerprint density at radius 3 is 2.74 bits per heavy atom. The minimum absolute atomic E-state index is 0.124. The zero-order chi connectivity index (χ0) is 13.8. The number of nitrogens with zero attached hydrogens (tertiary/aromatic N) is 3. The summed E-state index contributed by atoms with van der Waals surface area (Å²) in [6.07, 6.45) is 1.00. The molecule has 0 spiro atoms. The second-order valence-corrected chi connectivity index (χ2v) is 5.32. The van der Waals surface area contributed by atoms with E-state index >= 15 is 0 Å². The summed E-state index contributed by atoms with van der Waals surface area (Å²) in [5.41, 5.74) is 0. The number of likely N-dealkylation sites (N-methyl/N-ethyl adjacent to an activating group) is 1. The molecule has 2 rings (SSSR count). The number of hydrogen-bond acceptors (Lipinski definition) is 6. The Bertz CT molecular complexity index is 555. The lowest BCUT2D eigenvalue weighted by molar-refractivity contribution is 0.302. The Morgan fingerprint density at radius 2 is 2.16 bits per heavy atom. The van der Waals surface area contributed by atoms with Gasteiger partial charge in [-0.05, 0) is 19.4 Å². The fourth-order valence-electron chi connectivity index (χ4n) is 2.02. The molecule has 0 bridgehead atoms. The van der Waals surface area contributed by atoms with Crippen molar-refractivity contribution in [1.82, 2.24) is 9.97 Å². The van der Waals surface area contributed by atoms with Crippen LogP contribution in [0.5, 0.6) is 0 Å². The first-order chi connectivity index (χ1) is 9.23. The number of anilines is 2. The van der Waals surface area contributed by atoms with E-state index in [0.29, 0.717) is 12.5 Å². The maximum absolute atomic E-state index is 9.18. The summed E-state index contributed by atoms with van der Waals surface area (Å²) >= 11 is 1.71. The van der Waals surface area contributed by atoms with Gasteiger partial charge in [-0.15, -0.1) is 11.3 Å². The van der Waals surface area contributed by atoms with E-state index in [1.807, 2.05) is 7.05 Å². The van der Waals surface area contributed by atoms with Crippen LogP contribution in [0.2, 0.25) is 0 Å². The highest BCUT2D eigenvalue weighted by Crippen LogP contribution is 2.32. The van der Waals surface area contributed by atoms with Crippen molar-refractivity contribution in [2.24, 2.45) is 0 Å². The molecule has 0 atom stereocenters. The van der Waals surface area contributed by atoms with E-state index in [1.54, 1.807) is 11.3 Å². The lowest BCUT2D eigenvalue weighted by atomic mass is 10.3. The first-order valence-electron chi connectivity index (χ1n) is 6.57. The molecule has 0 radical (unpaired) electrons. The highest BCUT2D eigenvalue weighted by atomic mass is 32.1. The normalized spacial score (nSPS) is 10.9. The molecular weight excluding hydrogens is 260 g/mol. The van der Waals surface area contributed by atoms with Gasteiger partial charge in [0.1, 0.15) is 10.6 Å². The molecule has 5 nitrogen and oxygen atoms in total. The van der Waals surface area contributed by atoms with Crippen LogP contribution in [0.25, 0.3) is 10.2 Å². The lowest BCUT2D eigenvalue weighted by Crippen LogP contribution is -2.27. The maximum atomic E-state index is 9.18. The van der Waals surface area contributed by atoms with Crippen molar-refractivity contribution in [2.75, 3.05) is 37.0 Å². The molecule has 0 aliphatic carbocycles. The molecule has 104 valence electrons. The third-order valence-electron chi connectivity index (χ3n) is 3.05. The summed E-state index contributed by atoms with van der Waals surface area (Å²) in [5, 5.41) is 13.3. The molecule has 6 heteroatoms. The van der Waals surface area contributed by atoms with Crippen molar-refractivity contribution in [2.45, 2.75) is 20.3 Å². The average Bonchev–Trinajstić information content (AvgIpc) is 2.86. The van der Waals surface area contributed by atoms with Gasteiger partial charge in [0.2, 0.25) is 5.95 Å². The van der Waals surface area contributed by atoms with Crippen LogP contribution in [0.1, 0.15) is 18.7 Å². The fraction of sp³-hybridized carbons (Fsp3) is 0.538. The van der Waals surface area contributed by atoms with Crippen LogP contribution in [0.4, 0.5) is 11.8 Å². The summed E-state index contributed by atoms with van der Waals surface area (Å²) < 4.78 is 0. The first kappa shape index (κ1) is 14.0. The molecule has 0 amide bonds. The van der Waals surface area contributed by atoms with Crippen molar-refractivity contribution < 1.29 is 5.11 Å². The van der Waals surface area contributed by atoms with Crippen molar-refractivity contribution in [3.63, 3.8) is 0 Å². The van der Waals surface area contributed by atoms with E-state index in [2.05, 4.69) is 40.1 Å². The van der Waals surface area contributed by atoms with Gasteiger partial charge in [-0.25, -0.2) is 4.98 Å². The summed E-state index contributed by atoms with van der Waals surface area (Å²) in [6.45, 7) is 5.73. The molecule has 19 heavy (non-hydrogen) atoms. The van der Waals surface area contributed by atoms with Gasteiger partial charge in [-0.1, -0.05) is 6.92 Å².